The van der Waals surface area contributed by atoms with Crippen molar-refractivity contribution in [1.82, 2.24) is 9.97 Å². The fourth-order valence-electron chi connectivity index (χ4n) is 2.39. The molecular formula is C17H15AuKN2O2S4. The average molecular weight is 644 g/mol. The Morgan fingerprint density at radius 3 is 1.74 bits per heavy atom. The molecule has 3 rings (SSSR count). The number of rotatable bonds is 5. The van der Waals surface area contributed by atoms with Gasteiger partial charge in [-0.1, -0.05) is 24.3 Å². The quantitative estimate of drug-likeness (QED) is 0.196. The molecule has 0 atom stereocenters. The third kappa shape index (κ3) is 6.50. The number of benzene rings is 2. The number of nitrogens with zero attached hydrogens (tertiary/aromatic N) is 1. The van der Waals surface area contributed by atoms with Gasteiger partial charge in [-0.25, -0.2) is 13.4 Å². The SMILES string of the molecule is CSc1ccc(-c2nc(S(=O)(=O)[S-])[nH]c2-c2ccc(SC)cc2)cc1.[Au+].[K]. The topological polar surface area (TPSA) is 62.8 Å². The Morgan fingerprint density at radius 1 is 0.889 bits per heavy atom. The summed E-state index contributed by atoms with van der Waals surface area (Å²) in [6, 6.07) is 15.7. The van der Waals surface area contributed by atoms with E-state index in [9.17, 15) is 8.42 Å². The number of hydrogen-bond acceptors (Lipinski definition) is 6. The minimum absolute atomic E-state index is 0. The molecule has 10 heteroatoms. The Balaban J connectivity index is 0.00000182. The molecule has 0 spiro atoms. The average Bonchev–Trinajstić information content (AvgIpc) is 3.07. The van der Waals surface area contributed by atoms with E-state index in [4.69, 9.17) is 0 Å². The summed E-state index contributed by atoms with van der Waals surface area (Å²) in [5.74, 6) is 0. The molecule has 2 aromatic carbocycles. The molecule has 0 aliphatic carbocycles. The van der Waals surface area contributed by atoms with E-state index in [2.05, 4.69) is 21.6 Å². The summed E-state index contributed by atoms with van der Waals surface area (Å²) >= 11 is 7.87. The van der Waals surface area contributed by atoms with Gasteiger partial charge in [0.1, 0.15) is 0 Å². The summed E-state index contributed by atoms with van der Waals surface area (Å²) in [4.78, 5) is 9.41. The van der Waals surface area contributed by atoms with Crippen LogP contribution < -0.4 is 0 Å². The molecule has 0 aliphatic rings. The number of aromatic amines is 1. The van der Waals surface area contributed by atoms with Gasteiger partial charge in [0.05, 0.1) is 20.3 Å². The second-order valence-electron chi connectivity index (χ2n) is 5.18. The van der Waals surface area contributed by atoms with E-state index in [0.29, 0.717) is 11.4 Å². The van der Waals surface area contributed by atoms with Gasteiger partial charge in [0.2, 0.25) is 5.16 Å². The predicted molar refractivity (Wildman–Crippen MR) is 113 cm³/mol. The minimum Gasteiger partial charge on any atom is -0.641 e. The summed E-state index contributed by atoms with van der Waals surface area (Å²) in [6.45, 7) is 0. The second-order valence-corrected chi connectivity index (χ2v) is 9.55. The van der Waals surface area contributed by atoms with Crippen LogP contribution in [0.15, 0.2) is 63.5 Å². The zero-order valence-corrected chi connectivity index (χ0v) is 23.4. The van der Waals surface area contributed by atoms with Crippen LogP contribution in [0.1, 0.15) is 0 Å². The Labute approximate surface area is 231 Å². The second kappa shape index (κ2) is 11.4. The normalized spacial score (nSPS) is 10.8. The van der Waals surface area contributed by atoms with Crippen LogP contribution in [0.5, 0.6) is 0 Å². The van der Waals surface area contributed by atoms with E-state index in [1.807, 2.05) is 61.0 Å². The summed E-state index contributed by atoms with van der Waals surface area (Å²) in [5, 5.41) is -0.199. The smallest absolute Gasteiger partial charge is 0.641 e. The van der Waals surface area contributed by atoms with Gasteiger partial charge in [0, 0.05) is 72.3 Å². The molecule has 0 unspecified atom stereocenters. The van der Waals surface area contributed by atoms with Crippen molar-refractivity contribution in [2.45, 2.75) is 14.9 Å². The monoisotopic (exact) mass is 643 g/mol. The summed E-state index contributed by atoms with van der Waals surface area (Å²) in [6.07, 6.45) is 4.01. The summed E-state index contributed by atoms with van der Waals surface area (Å²) < 4.78 is 23.6. The van der Waals surface area contributed by atoms with Crippen LogP contribution in [0.3, 0.4) is 0 Å². The van der Waals surface area contributed by atoms with Gasteiger partial charge in [-0.05, 0) is 36.8 Å². The van der Waals surface area contributed by atoms with Crippen molar-refractivity contribution in [3.05, 3.63) is 48.5 Å². The Kier molecular flexibility index (Phi) is 11.0. The van der Waals surface area contributed by atoms with Crippen LogP contribution in [-0.2, 0) is 42.9 Å². The van der Waals surface area contributed by atoms with Gasteiger partial charge in [-0.3, -0.25) is 0 Å². The molecule has 0 fully saturated rings. The Bertz CT molecular complexity index is 926. The first-order chi connectivity index (χ1) is 11.9. The zero-order chi connectivity index (χ0) is 18.0. The largest absolute Gasteiger partial charge is 1.00 e. The van der Waals surface area contributed by atoms with E-state index in [0.717, 1.165) is 20.9 Å². The number of imidazole rings is 1. The van der Waals surface area contributed by atoms with E-state index in [-0.39, 0.29) is 78.9 Å². The third-order valence-electron chi connectivity index (χ3n) is 3.66. The van der Waals surface area contributed by atoms with E-state index in [1.54, 1.807) is 23.5 Å². The van der Waals surface area contributed by atoms with Gasteiger partial charge < -0.3 is 16.6 Å². The minimum atomic E-state index is -3.84. The molecular weight excluding hydrogens is 629 g/mol. The molecule has 0 amide bonds. The molecule has 0 bridgehead atoms. The van der Waals surface area contributed by atoms with Crippen molar-refractivity contribution < 1.29 is 30.8 Å². The van der Waals surface area contributed by atoms with Crippen LogP contribution in [-0.4, -0.2) is 82.3 Å². The Morgan fingerprint density at radius 2 is 1.33 bits per heavy atom. The maximum Gasteiger partial charge on any atom is 1.00 e. The maximum absolute atomic E-state index is 11.8. The van der Waals surface area contributed by atoms with Crippen molar-refractivity contribution in [2.75, 3.05) is 12.5 Å². The molecule has 27 heavy (non-hydrogen) atoms. The van der Waals surface area contributed by atoms with Crippen LogP contribution in [0.4, 0.5) is 0 Å². The van der Waals surface area contributed by atoms with Gasteiger partial charge in [0.15, 0.2) is 0 Å². The fraction of sp³-hybridized carbons (Fsp3) is 0.118. The molecule has 1 radical (unpaired) electrons. The fourth-order valence-corrected chi connectivity index (χ4v) is 3.88. The molecule has 0 saturated heterocycles. The molecule has 4 nitrogen and oxygen atoms in total. The zero-order valence-electron chi connectivity index (χ0n) is 14.8. The van der Waals surface area contributed by atoms with Crippen molar-refractivity contribution in [1.29, 1.82) is 0 Å². The number of aromatic nitrogens is 2. The summed E-state index contributed by atoms with van der Waals surface area (Å²) in [7, 11) is -3.84. The molecule has 0 saturated carbocycles. The molecule has 1 N–H and O–H groups in total. The van der Waals surface area contributed by atoms with E-state index in [1.165, 1.54) is 0 Å². The van der Waals surface area contributed by atoms with Gasteiger partial charge in [0.25, 0.3) is 0 Å². The van der Waals surface area contributed by atoms with Crippen molar-refractivity contribution in [2.24, 2.45) is 0 Å². The van der Waals surface area contributed by atoms with Crippen molar-refractivity contribution >= 4 is 95.4 Å². The first-order valence-corrected chi connectivity index (χ1v) is 12.1. The number of H-pyrrole nitrogens is 1. The third-order valence-corrected chi connectivity index (χ3v) is 6.29. The van der Waals surface area contributed by atoms with Crippen LogP contribution in [0.25, 0.3) is 22.5 Å². The molecule has 0 aliphatic heterocycles. The number of hydrogen-bond donors (Lipinski definition) is 1. The van der Waals surface area contributed by atoms with Crippen LogP contribution >= 0.6 is 23.5 Å². The molecule has 141 valence electrons. The summed E-state index contributed by atoms with van der Waals surface area (Å²) in [5.41, 5.74) is 2.92. The first-order valence-electron chi connectivity index (χ1n) is 7.27. The van der Waals surface area contributed by atoms with Crippen molar-refractivity contribution in [3.63, 3.8) is 0 Å². The molecule has 3 aromatic rings. The van der Waals surface area contributed by atoms with E-state index < -0.39 is 8.87 Å². The number of nitrogens with one attached hydrogen (secondary N) is 1. The standard InChI is InChI=1S/C17H16N2O2S4.Au.K/c1-23-13-7-3-11(4-8-13)15-16(19-17(18-15)25(20,21)22)12-5-9-14(24-2)10-6-12;;/h3-10H,1-2H3,(H,18,19)(H,20,21,22);;/q;+1;/p-1. The Hall–Kier alpha value is 1.03. The van der Waals surface area contributed by atoms with Crippen LogP contribution in [0, 0.1) is 0 Å². The molecule has 1 aromatic heterocycles. The van der Waals surface area contributed by atoms with Crippen LogP contribution in [0.2, 0.25) is 0 Å². The van der Waals surface area contributed by atoms with Gasteiger partial charge >= 0.3 is 22.4 Å². The molecule has 1 heterocycles. The van der Waals surface area contributed by atoms with Gasteiger partial charge in [-0.15, -0.1) is 23.5 Å². The maximum atomic E-state index is 11.8. The van der Waals surface area contributed by atoms with Gasteiger partial charge in [-0.2, -0.15) is 0 Å². The van der Waals surface area contributed by atoms with Crippen molar-refractivity contribution in [3.8, 4) is 22.5 Å². The predicted octanol–water partition coefficient (Wildman–Crippen LogP) is 4.04. The first kappa shape index (κ1) is 26.1. The van der Waals surface area contributed by atoms with E-state index >= 15 is 0 Å². The number of thioether (sulfide) groups is 2.